The Morgan fingerprint density at radius 2 is 2.08 bits per heavy atom. The maximum Gasteiger partial charge on any atom is 0.253 e. The molecule has 3 rings (SSSR count). The van der Waals surface area contributed by atoms with Crippen LogP contribution in [0, 0.1) is 6.92 Å². The van der Waals surface area contributed by atoms with Crippen molar-refractivity contribution in [1.29, 1.82) is 0 Å². The highest BCUT2D eigenvalue weighted by Gasteiger charge is 2.09. The number of carbonyl (C=O) groups excluding carboxylic acids is 1. The van der Waals surface area contributed by atoms with Gasteiger partial charge in [-0.15, -0.1) is 0 Å². The van der Waals surface area contributed by atoms with Crippen molar-refractivity contribution in [1.82, 2.24) is 9.88 Å². The van der Waals surface area contributed by atoms with E-state index in [1.54, 1.807) is 4.57 Å². The summed E-state index contributed by atoms with van der Waals surface area (Å²) in [5.74, 6) is 0.00824. The van der Waals surface area contributed by atoms with Gasteiger partial charge >= 0.3 is 0 Å². The molecule has 0 saturated heterocycles. The number of nitrogens with one attached hydrogen (secondary N) is 1. The van der Waals surface area contributed by atoms with Gasteiger partial charge in [0.25, 0.3) is 5.56 Å². The lowest BCUT2D eigenvalue weighted by Crippen LogP contribution is -2.29. The Bertz CT molecular complexity index is 849. The molecule has 1 aromatic heterocycles. The molecule has 1 N–H and O–H groups in total. The number of hydrogen-bond donors (Lipinski definition) is 1. The molecule has 1 aromatic carbocycles. The predicted octanol–water partition coefficient (Wildman–Crippen LogP) is 3.71. The Morgan fingerprint density at radius 1 is 1.24 bits per heavy atom. The van der Waals surface area contributed by atoms with Crippen LogP contribution in [0.2, 0.25) is 0 Å². The van der Waals surface area contributed by atoms with Crippen LogP contribution in [0.15, 0.2) is 46.8 Å². The second-order valence-electron chi connectivity index (χ2n) is 6.80. The second-order valence-corrected chi connectivity index (χ2v) is 6.80. The molecule has 0 saturated carbocycles. The molecular weight excluding hydrogens is 312 g/mol. The highest BCUT2D eigenvalue weighted by molar-refractivity contribution is 5.80. The number of aryl methyl sites for hydroxylation is 2. The molecule has 25 heavy (non-hydrogen) atoms. The standard InChI is InChI=1S/C21H26N2O2/c1-16-15-18-9-5-6-10-19(18)23(21(16)25)14-12-20(24)22-13-11-17-7-3-2-4-8-17/h5-7,9-10,15H,2-4,8,11-14H2,1H3,(H,22,24). The molecule has 0 radical (unpaired) electrons. The zero-order valence-corrected chi connectivity index (χ0v) is 14.9. The molecule has 1 aliphatic rings. The first kappa shape index (κ1) is 17.5. The van der Waals surface area contributed by atoms with Crippen molar-refractivity contribution in [3.63, 3.8) is 0 Å². The molecule has 1 amide bonds. The first-order chi connectivity index (χ1) is 12.1. The van der Waals surface area contributed by atoms with Gasteiger partial charge in [-0.2, -0.15) is 0 Å². The van der Waals surface area contributed by atoms with Crippen LogP contribution in [-0.4, -0.2) is 17.0 Å². The van der Waals surface area contributed by atoms with Crippen LogP contribution >= 0.6 is 0 Å². The Kier molecular flexibility index (Phi) is 5.69. The second kappa shape index (κ2) is 8.15. The summed E-state index contributed by atoms with van der Waals surface area (Å²) in [6.07, 6.45) is 8.48. The van der Waals surface area contributed by atoms with Crippen molar-refractivity contribution in [2.24, 2.45) is 0 Å². The van der Waals surface area contributed by atoms with Crippen LogP contribution in [0.3, 0.4) is 0 Å². The van der Waals surface area contributed by atoms with E-state index in [-0.39, 0.29) is 11.5 Å². The van der Waals surface area contributed by atoms with E-state index in [9.17, 15) is 9.59 Å². The number of para-hydroxylation sites is 1. The lowest BCUT2D eigenvalue weighted by molar-refractivity contribution is -0.121. The summed E-state index contributed by atoms with van der Waals surface area (Å²) in [4.78, 5) is 24.6. The van der Waals surface area contributed by atoms with Crippen LogP contribution in [0.1, 0.15) is 44.1 Å². The number of benzene rings is 1. The van der Waals surface area contributed by atoms with Gasteiger partial charge in [-0.1, -0.05) is 29.8 Å². The van der Waals surface area contributed by atoms with Gasteiger partial charge in [0.15, 0.2) is 0 Å². The third-order valence-corrected chi connectivity index (χ3v) is 4.90. The summed E-state index contributed by atoms with van der Waals surface area (Å²) in [5.41, 5.74) is 3.05. The van der Waals surface area contributed by atoms with Gasteiger partial charge in [0.1, 0.15) is 0 Å². The van der Waals surface area contributed by atoms with E-state index < -0.39 is 0 Å². The van der Waals surface area contributed by atoms with Crippen LogP contribution in [0.25, 0.3) is 10.9 Å². The third-order valence-electron chi connectivity index (χ3n) is 4.90. The minimum Gasteiger partial charge on any atom is -0.356 e. The van der Waals surface area contributed by atoms with Gasteiger partial charge < -0.3 is 9.88 Å². The Morgan fingerprint density at radius 3 is 2.88 bits per heavy atom. The maximum absolute atomic E-state index is 12.4. The van der Waals surface area contributed by atoms with Crippen molar-refractivity contribution < 1.29 is 4.79 Å². The van der Waals surface area contributed by atoms with Crippen molar-refractivity contribution in [2.75, 3.05) is 6.54 Å². The van der Waals surface area contributed by atoms with Gasteiger partial charge in [-0.3, -0.25) is 9.59 Å². The van der Waals surface area contributed by atoms with Gasteiger partial charge in [-0.25, -0.2) is 0 Å². The van der Waals surface area contributed by atoms with Crippen LogP contribution < -0.4 is 10.9 Å². The number of amides is 1. The zero-order valence-electron chi connectivity index (χ0n) is 14.9. The number of hydrogen-bond acceptors (Lipinski definition) is 2. The topological polar surface area (TPSA) is 51.1 Å². The molecule has 0 spiro atoms. The molecular formula is C21H26N2O2. The summed E-state index contributed by atoms with van der Waals surface area (Å²) in [6, 6.07) is 9.72. The van der Waals surface area contributed by atoms with Gasteiger partial charge in [0, 0.05) is 25.1 Å². The highest BCUT2D eigenvalue weighted by atomic mass is 16.1. The molecule has 1 aliphatic carbocycles. The average molecular weight is 338 g/mol. The molecule has 2 aromatic rings. The number of aromatic nitrogens is 1. The number of allylic oxidation sites excluding steroid dienone is 1. The van der Waals surface area contributed by atoms with E-state index in [2.05, 4.69) is 11.4 Å². The van der Waals surface area contributed by atoms with E-state index in [4.69, 9.17) is 0 Å². The third kappa shape index (κ3) is 4.38. The number of fused-ring (bicyclic) bond motifs is 1. The van der Waals surface area contributed by atoms with Gasteiger partial charge in [0.05, 0.1) is 5.52 Å². The fourth-order valence-corrected chi connectivity index (χ4v) is 3.49. The predicted molar refractivity (Wildman–Crippen MR) is 102 cm³/mol. The quantitative estimate of drug-likeness (QED) is 0.816. The molecule has 0 bridgehead atoms. The minimum absolute atomic E-state index is 0.00824. The van der Waals surface area contributed by atoms with Crippen molar-refractivity contribution >= 4 is 16.8 Å². The van der Waals surface area contributed by atoms with Crippen LogP contribution in [0.4, 0.5) is 0 Å². The molecule has 132 valence electrons. The summed E-state index contributed by atoms with van der Waals surface area (Å²) >= 11 is 0. The summed E-state index contributed by atoms with van der Waals surface area (Å²) in [7, 11) is 0. The lowest BCUT2D eigenvalue weighted by atomic mass is 9.97. The minimum atomic E-state index is -0.0149. The number of carbonyl (C=O) groups is 1. The molecule has 0 atom stereocenters. The first-order valence-corrected chi connectivity index (χ1v) is 9.19. The van der Waals surface area contributed by atoms with Crippen molar-refractivity contribution in [3.05, 3.63) is 57.9 Å². The van der Waals surface area contributed by atoms with E-state index in [1.165, 1.54) is 31.3 Å². The number of nitrogens with zero attached hydrogens (tertiary/aromatic N) is 1. The number of rotatable bonds is 6. The van der Waals surface area contributed by atoms with Crippen LogP contribution in [-0.2, 0) is 11.3 Å². The lowest BCUT2D eigenvalue weighted by Gasteiger charge is -2.14. The van der Waals surface area contributed by atoms with E-state index in [0.29, 0.717) is 25.1 Å². The van der Waals surface area contributed by atoms with Crippen LogP contribution in [0.5, 0.6) is 0 Å². The van der Waals surface area contributed by atoms with Crippen molar-refractivity contribution in [3.8, 4) is 0 Å². The molecule has 0 unspecified atom stereocenters. The SMILES string of the molecule is Cc1cc2ccccc2n(CCC(=O)NCCC2=CCCCC2)c1=O. The fraction of sp³-hybridized carbons (Fsp3) is 0.429. The summed E-state index contributed by atoms with van der Waals surface area (Å²) in [6.45, 7) is 2.92. The van der Waals surface area contributed by atoms with Gasteiger partial charge in [0.2, 0.25) is 5.91 Å². The summed E-state index contributed by atoms with van der Waals surface area (Å²) in [5, 5.41) is 4.02. The average Bonchev–Trinajstić information content (AvgIpc) is 2.63. The molecule has 0 aliphatic heterocycles. The van der Waals surface area contributed by atoms with E-state index >= 15 is 0 Å². The monoisotopic (exact) mass is 338 g/mol. The Labute approximate surface area is 148 Å². The molecule has 0 fully saturated rings. The Hall–Kier alpha value is -2.36. The van der Waals surface area contributed by atoms with E-state index in [0.717, 1.165) is 17.3 Å². The zero-order chi connectivity index (χ0) is 17.6. The van der Waals surface area contributed by atoms with E-state index in [1.807, 2.05) is 37.3 Å². The maximum atomic E-state index is 12.4. The molecule has 4 nitrogen and oxygen atoms in total. The Balaban J connectivity index is 1.59. The fourth-order valence-electron chi connectivity index (χ4n) is 3.49. The largest absolute Gasteiger partial charge is 0.356 e. The molecule has 1 heterocycles. The number of pyridine rings is 1. The smallest absolute Gasteiger partial charge is 0.253 e. The van der Waals surface area contributed by atoms with Crippen molar-refractivity contribution in [2.45, 2.75) is 52.0 Å². The normalized spacial score (nSPS) is 14.4. The highest BCUT2D eigenvalue weighted by Crippen LogP contribution is 2.19. The molecule has 4 heteroatoms. The first-order valence-electron chi connectivity index (χ1n) is 9.19. The summed E-state index contributed by atoms with van der Waals surface area (Å²) < 4.78 is 1.72. The van der Waals surface area contributed by atoms with Gasteiger partial charge in [-0.05, 0) is 56.5 Å².